The molecule has 2 N–H and O–H groups in total. The average molecular weight is 217 g/mol. The molecule has 0 amide bonds. The van der Waals surface area contributed by atoms with Gasteiger partial charge >= 0.3 is 0 Å². The summed E-state index contributed by atoms with van der Waals surface area (Å²) in [4.78, 5) is 0. The van der Waals surface area contributed by atoms with Gasteiger partial charge in [-0.2, -0.15) is 0 Å². The van der Waals surface area contributed by atoms with E-state index in [4.69, 9.17) is 5.11 Å². The summed E-state index contributed by atoms with van der Waals surface area (Å²) in [6, 6.07) is 1.48. The molecule has 0 aliphatic carbocycles. The first-order valence-electron chi connectivity index (χ1n) is 3.21. The van der Waals surface area contributed by atoms with Crippen molar-refractivity contribution >= 4 is 15.9 Å². The van der Waals surface area contributed by atoms with E-state index in [-0.39, 0.29) is 11.5 Å². The van der Waals surface area contributed by atoms with E-state index in [0.717, 1.165) is 10.0 Å². The summed E-state index contributed by atoms with van der Waals surface area (Å²) in [5, 5.41) is 18.4. The highest BCUT2D eigenvalue weighted by Gasteiger charge is 2.08. The lowest BCUT2D eigenvalue weighted by molar-refractivity contribution is 0.400. The molecule has 0 unspecified atom stereocenters. The highest BCUT2D eigenvalue weighted by atomic mass is 79.9. The number of phenolic OH excluding ortho intramolecular Hbond substituents is 2. The van der Waals surface area contributed by atoms with Crippen LogP contribution in [-0.4, -0.2) is 10.2 Å². The fourth-order valence-electron chi connectivity index (χ4n) is 0.845. The zero-order valence-corrected chi connectivity index (χ0v) is 7.94. The summed E-state index contributed by atoms with van der Waals surface area (Å²) in [5.74, 6) is -0.120. The molecule has 0 radical (unpaired) electrons. The number of phenols is 2. The zero-order valence-electron chi connectivity index (χ0n) is 6.35. The van der Waals surface area contributed by atoms with Gasteiger partial charge < -0.3 is 10.2 Å². The molecule has 3 heteroatoms. The fourth-order valence-corrected chi connectivity index (χ4v) is 1.36. The van der Waals surface area contributed by atoms with Crippen molar-refractivity contribution in [2.24, 2.45) is 0 Å². The molecule has 11 heavy (non-hydrogen) atoms. The van der Waals surface area contributed by atoms with E-state index < -0.39 is 0 Å². The predicted octanol–water partition coefficient (Wildman–Crippen LogP) is 2.48. The van der Waals surface area contributed by atoms with Crippen LogP contribution in [-0.2, 0) is 0 Å². The van der Waals surface area contributed by atoms with Gasteiger partial charge in [0.1, 0.15) is 0 Å². The first-order chi connectivity index (χ1) is 5.04. The standard InChI is InChI=1S/C8H9BrO2/c1-4-5(2)8(11)7(10)3-6(4)9/h3,10-11H,1-2H3. The van der Waals surface area contributed by atoms with Gasteiger partial charge in [-0.25, -0.2) is 0 Å². The Hall–Kier alpha value is -0.700. The van der Waals surface area contributed by atoms with Crippen molar-refractivity contribution in [2.75, 3.05) is 0 Å². The van der Waals surface area contributed by atoms with Gasteiger partial charge in [0.15, 0.2) is 11.5 Å². The van der Waals surface area contributed by atoms with E-state index in [2.05, 4.69) is 15.9 Å². The Morgan fingerprint density at radius 3 is 2.27 bits per heavy atom. The van der Waals surface area contributed by atoms with E-state index in [0.29, 0.717) is 5.56 Å². The van der Waals surface area contributed by atoms with Gasteiger partial charge in [0.2, 0.25) is 0 Å². The molecule has 2 nitrogen and oxygen atoms in total. The molecule has 0 atom stereocenters. The van der Waals surface area contributed by atoms with E-state index in [9.17, 15) is 5.11 Å². The van der Waals surface area contributed by atoms with E-state index >= 15 is 0 Å². The van der Waals surface area contributed by atoms with Crippen molar-refractivity contribution in [3.63, 3.8) is 0 Å². The third-order valence-electron chi connectivity index (χ3n) is 1.78. The number of halogens is 1. The second-order valence-corrected chi connectivity index (χ2v) is 3.33. The van der Waals surface area contributed by atoms with Crippen LogP contribution in [0, 0.1) is 13.8 Å². The van der Waals surface area contributed by atoms with Crippen molar-refractivity contribution < 1.29 is 10.2 Å². The second kappa shape index (κ2) is 2.74. The quantitative estimate of drug-likeness (QED) is 0.655. The molecule has 1 aromatic carbocycles. The Morgan fingerprint density at radius 1 is 1.18 bits per heavy atom. The maximum atomic E-state index is 9.24. The molecular formula is C8H9BrO2. The highest BCUT2D eigenvalue weighted by Crippen LogP contribution is 2.35. The number of aromatic hydroxyl groups is 2. The fraction of sp³-hybridized carbons (Fsp3) is 0.250. The lowest BCUT2D eigenvalue weighted by Gasteiger charge is -2.06. The number of hydrogen-bond acceptors (Lipinski definition) is 2. The lowest BCUT2D eigenvalue weighted by atomic mass is 10.1. The summed E-state index contributed by atoms with van der Waals surface area (Å²) in [6.07, 6.45) is 0. The SMILES string of the molecule is Cc1c(Br)cc(O)c(O)c1C. The summed E-state index contributed by atoms with van der Waals surface area (Å²) in [7, 11) is 0. The Labute approximate surface area is 73.6 Å². The molecule has 0 spiro atoms. The minimum absolute atomic E-state index is 0.0364. The molecule has 1 aromatic rings. The van der Waals surface area contributed by atoms with Crippen molar-refractivity contribution in [1.29, 1.82) is 0 Å². The van der Waals surface area contributed by atoms with Crippen LogP contribution >= 0.6 is 15.9 Å². The van der Waals surface area contributed by atoms with Crippen molar-refractivity contribution in [3.05, 3.63) is 21.7 Å². The van der Waals surface area contributed by atoms with Crippen molar-refractivity contribution in [1.82, 2.24) is 0 Å². The molecule has 0 saturated heterocycles. The minimum atomic E-state index is -0.0834. The van der Waals surface area contributed by atoms with Crippen LogP contribution in [0.1, 0.15) is 11.1 Å². The van der Waals surface area contributed by atoms with Crippen LogP contribution in [0.5, 0.6) is 11.5 Å². The zero-order chi connectivity index (χ0) is 8.59. The first kappa shape index (κ1) is 8.40. The largest absolute Gasteiger partial charge is 0.504 e. The molecule has 0 heterocycles. The summed E-state index contributed by atoms with van der Waals surface area (Å²) >= 11 is 3.26. The predicted molar refractivity (Wildman–Crippen MR) is 46.9 cm³/mol. The van der Waals surface area contributed by atoms with Crippen LogP contribution in [0.25, 0.3) is 0 Å². The summed E-state index contributed by atoms with van der Waals surface area (Å²) in [6.45, 7) is 3.63. The van der Waals surface area contributed by atoms with Crippen LogP contribution in [0.4, 0.5) is 0 Å². The lowest BCUT2D eigenvalue weighted by Crippen LogP contribution is -1.83. The maximum absolute atomic E-state index is 9.24. The number of benzene rings is 1. The molecule has 0 fully saturated rings. The van der Waals surface area contributed by atoms with Crippen LogP contribution in [0.3, 0.4) is 0 Å². The van der Waals surface area contributed by atoms with Crippen molar-refractivity contribution in [3.8, 4) is 11.5 Å². The highest BCUT2D eigenvalue weighted by molar-refractivity contribution is 9.10. The topological polar surface area (TPSA) is 40.5 Å². The van der Waals surface area contributed by atoms with E-state index in [1.165, 1.54) is 6.07 Å². The Kier molecular flexibility index (Phi) is 2.09. The molecule has 0 aliphatic rings. The Bertz CT molecular complexity index is 268. The monoisotopic (exact) mass is 216 g/mol. The van der Waals surface area contributed by atoms with Crippen LogP contribution < -0.4 is 0 Å². The van der Waals surface area contributed by atoms with Gasteiger partial charge in [-0.05, 0) is 31.0 Å². The van der Waals surface area contributed by atoms with Crippen molar-refractivity contribution in [2.45, 2.75) is 13.8 Å². The maximum Gasteiger partial charge on any atom is 0.160 e. The van der Waals surface area contributed by atoms with Crippen LogP contribution in [0.2, 0.25) is 0 Å². The second-order valence-electron chi connectivity index (χ2n) is 2.48. The first-order valence-corrected chi connectivity index (χ1v) is 4.01. The van der Waals surface area contributed by atoms with E-state index in [1.807, 2.05) is 6.92 Å². The molecule has 0 saturated carbocycles. The molecule has 0 bridgehead atoms. The molecule has 0 aliphatic heterocycles. The molecule has 0 aromatic heterocycles. The minimum Gasteiger partial charge on any atom is -0.504 e. The number of rotatable bonds is 0. The Balaban J connectivity index is 3.46. The molecular weight excluding hydrogens is 208 g/mol. The smallest absolute Gasteiger partial charge is 0.160 e. The molecule has 60 valence electrons. The third-order valence-corrected chi connectivity index (χ3v) is 2.61. The summed E-state index contributed by atoms with van der Waals surface area (Å²) in [5.41, 5.74) is 1.65. The summed E-state index contributed by atoms with van der Waals surface area (Å²) < 4.78 is 0.810. The van der Waals surface area contributed by atoms with Gasteiger partial charge in [-0.1, -0.05) is 15.9 Å². The average Bonchev–Trinajstić information content (AvgIpc) is 1.97. The third kappa shape index (κ3) is 1.33. The normalized spacial score (nSPS) is 10.1. The Morgan fingerprint density at radius 2 is 1.73 bits per heavy atom. The van der Waals surface area contributed by atoms with E-state index in [1.54, 1.807) is 6.92 Å². The molecule has 1 rings (SSSR count). The van der Waals surface area contributed by atoms with Gasteiger partial charge in [-0.3, -0.25) is 0 Å². The van der Waals surface area contributed by atoms with Gasteiger partial charge in [0, 0.05) is 4.47 Å². The van der Waals surface area contributed by atoms with Gasteiger partial charge in [0.25, 0.3) is 0 Å². The van der Waals surface area contributed by atoms with Gasteiger partial charge in [0.05, 0.1) is 0 Å². The number of hydrogen-bond donors (Lipinski definition) is 2. The van der Waals surface area contributed by atoms with Crippen LogP contribution in [0.15, 0.2) is 10.5 Å². The van der Waals surface area contributed by atoms with Gasteiger partial charge in [-0.15, -0.1) is 0 Å².